The zero-order valence-electron chi connectivity index (χ0n) is 20.6. The number of carbonyl (C=O) groups is 1. The van der Waals surface area contributed by atoms with Crippen LogP contribution in [0.5, 0.6) is 0 Å². The SMILES string of the molecule is Cc1c(Cc2ccc(-c3cnn(C)c3)c(F)c2F)cc(C(=O)N[C@@H]2CCCC[C@H]2O)c2c1ncn2C. The number of halogens is 2. The van der Waals surface area contributed by atoms with Crippen molar-refractivity contribution in [3.63, 3.8) is 0 Å². The van der Waals surface area contributed by atoms with Gasteiger partial charge in [-0.3, -0.25) is 9.48 Å². The first kappa shape index (κ1) is 24.1. The van der Waals surface area contributed by atoms with Crippen molar-refractivity contribution < 1.29 is 18.7 Å². The molecule has 4 aromatic rings. The molecule has 0 saturated heterocycles. The van der Waals surface area contributed by atoms with Gasteiger partial charge < -0.3 is 15.0 Å². The number of benzene rings is 2. The van der Waals surface area contributed by atoms with Crippen molar-refractivity contribution >= 4 is 16.9 Å². The topological polar surface area (TPSA) is 85.0 Å². The first-order chi connectivity index (χ1) is 17.2. The molecule has 0 bridgehead atoms. The number of aliphatic hydroxyl groups excluding tert-OH is 1. The molecule has 0 aliphatic heterocycles. The summed E-state index contributed by atoms with van der Waals surface area (Å²) >= 11 is 0. The Balaban J connectivity index is 1.52. The first-order valence-electron chi connectivity index (χ1n) is 12.1. The highest BCUT2D eigenvalue weighted by Gasteiger charge is 2.27. The molecule has 2 aromatic carbocycles. The fraction of sp³-hybridized carbons (Fsp3) is 0.370. The summed E-state index contributed by atoms with van der Waals surface area (Å²) < 4.78 is 33.5. The van der Waals surface area contributed by atoms with Gasteiger partial charge in [-0.25, -0.2) is 13.8 Å². The monoisotopic (exact) mass is 493 g/mol. The number of carbonyl (C=O) groups excluding carboxylic acids is 1. The van der Waals surface area contributed by atoms with Crippen molar-refractivity contribution in [3.05, 3.63) is 70.8 Å². The molecule has 7 nitrogen and oxygen atoms in total. The van der Waals surface area contributed by atoms with Gasteiger partial charge in [-0.05, 0) is 42.5 Å². The van der Waals surface area contributed by atoms with Crippen LogP contribution in [0.2, 0.25) is 0 Å². The second-order valence-corrected chi connectivity index (χ2v) is 9.67. The average Bonchev–Trinajstić information content (AvgIpc) is 3.46. The molecule has 1 amide bonds. The van der Waals surface area contributed by atoms with Crippen LogP contribution in [0.15, 0.2) is 36.9 Å². The smallest absolute Gasteiger partial charge is 0.253 e. The van der Waals surface area contributed by atoms with Gasteiger partial charge in [0.25, 0.3) is 5.91 Å². The van der Waals surface area contributed by atoms with Crippen molar-refractivity contribution in [3.8, 4) is 11.1 Å². The number of aryl methyl sites for hydroxylation is 3. The van der Waals surface area contributed by atoms with Gasteiger partial charge in [0.15, 0.2) is 11.6 Å². The van der Waals surface area contributed by atoms with Gasteiger partial charge in [-0.1, -0.05) is 25.0 Å². The maximum Gasteiger partial charge on any atom is 0.253 e. The van der Waals surface area contributed by atoms with Gasteiger partial charge >= 0.3 is 0 Å². The zero-order chi connectivity index (χ0) is 25.6. The summed E-state index contributed by atoms with van der Waals surface area (Å²) in [5.74, 6) is -2.16. The standard InChI is InChI=1S/C27H29F2N5O2/c1-15-17(10-16-8-9-19(24(29)23(16)28)18-12-31-34(3)13-18)11-20(26-25(15)30-14-33(26)2)27(36)32-21-6-4-5-7-22(21)35/h8-9,11-14,21-22,35H,4-7,10H2,1-3H3,(H,32,36)/t21-,22-/m1/s1. The molecule has 2 aromatic heterocycles. The molecule has 1 saturated carbocycles. The Kier molecular flexibility index (Phi) is 6.34. The number of imidazole rings is 1. The van der Waals surface area contributed by atoms with Crippen molar-refractivity contribution in [1.29, 1.82) is 0 Å². The van der Waals surface area contributed by atoms with Crippen molar-refractivity contribution in [2.45, 2.75) is 51.2 Å². The van der Waals surface area contributed by atoms with Crippen LogP contribution in [-0.4, -0.2) is 42.5 Å². The molecular weight excluding hydrogens is 464 g/mol. The Morgan fingerprint density at radius 2 is 1.94 bits per heavy atom. The molecule has 2 atom stereocenters. The third-order valence-electron chi connectivity index (χ3n) is 7.20. The minimum absolute atomic E-state index is 0.0980. The molecule has 0 spiro atoms. The highest BCUT2D eigenvalue weighted by molar-refractivity contribution is 6.06. The highest BCUT2D eigenvalue weighted by atomic mass is 19.2. The Hall–Kier alpha value is -3.59. The molecule has 36 heavy (non-hydrogen) atoms. The van der Waals surface area contributed by atoms with E-state index in [0.717, 1.165) is 18.4 Å². The van der Waals surface area contributed by atoms with Crippen LogP contribution in [0.1, 0.15) is 52.7 Å². The van der Waals surface area contributed by atoms with E-state index < -0.39 is 17.7 Å². The van der Waals surface area contributed by atoms with E-state index in [4.69, 9.17) is 0 Å². The fourth-order valence-electron chi connectivity index (χ4n) is 5.12. The minimum Gasteiger partial charge on any atom is -0.391 e. The van der Waals surface area contributed by atoms with E-state index in [1.165, 1.54) is 10.9 Å². The maximum atomic E-state index is 15.2. The lowest BCUT2D eigenvalue weighted by atomic mass is 9.91. The molecule has 5 rings (SSSR count). The summed E-state index contributed by atoms with van der Waals surface area (Å²) in [7, 11) is 3.53. The summed E-state index contributed by atoms with van der Waals surface area (Å²) in [6.45, 7) is 1.87. The first-order valence-corrected chi connectivity index (χ1v) is 12.1. The Morgan fingerprint density at radius 3 is 2.67 bits per heavy atom. The van der Waals surface area contributed by atoms with E-state index in [0.29, 0.717) is 40.6 Å². The van der Waals surface area contributed by atoms with Crippen LogP contribution in [-0.2, 0) is 20.5 Å². The van der Waals surface area contributed by atoms with Crippen LogP contribution < -0.4 is 5.32 Å². The van der Waals surface area contributed by atoms with Crippen LogP contribution >= 0.6 is 0 Å². The Labute approximate surface area is 207 Å². The second-order valence-electron chi connectivity index (χ2n) is 9.67. The summed E-state index contributed by atoms with van der Waals surface area (Å²) in [4.78, 5) is 17.8. The van der Waals surface area contributed by atoms with E-state index in [2.05, 4.69) is 15.4 Å². The number of rotatable bonds is 5. The molecule has 0 radical (unpaired) electrons. The average molecular weight is 494 g/mol. The van der Waals surface area contributed by atoms with E-state index >= 15 is 8.78 Å². The quantitative estimate of drug-likeness (QED) is 0.437. The van der Waals surface area contributed by atoms with E-state index in [1.807, 2.05) is 14.0 Å². The number of nitrogens with one attached hydrogen (secondary N) is 1. The predicted octanol–water partition coefficient (Wildman–Crippen LogP) is 4.18. The van der Waals surface area contributed by atoms with Crippen LogP contribution in [0.4, 0.5) is 8.78 Å². The van der Waals surface area contributed by atoms with Crippen LogP contribution in [0.25, 0.3) is 22.2 Å². The minimum atomic E-state index is -0.929. The van der Waals surface area contributed by atoms with Crippen molar-refractivity contribution in [1.82, 2.24) is 24.6 Å². The van der Waals surface area contributed by atoms with Crippen LogP contribution in [0, 0.1) is 18.6 Å². The lowest BCUT2D eigenvalue weighted by molar-refractivity contribution is 0.0718. The largest absolute Gasteiger partial charge is 0.391 e. The number of amides is 1. The number of hydrogen-bond donors (Lipinski definition) is 2. The summed E-state index contributed by atoms with van der Waals surface area (Å²) in [6, 6.07) is 4.54. The number of hydrogen-bond acceptors (Lipinski definition) is 4. The Morgan fingerprint density at radius 1 is 1.17 bits per heavy atom. The van der Waals surface area contributed by atoms with Gasteiger partial charge in [-0.2, -0.15) is 5.10 Å². The highest BCUT2D eigenvalue weighted by Crippen LogP contribution is 2.31. The third kappa shape index (κ3) is 4.28. The van der Waals surface area contributed by atoms with Gasteiger partial charge in [0.05, 0.1) is 41.3 Å². The molecule has 1 aliphatic carbocycles. The maximum absolute atomic E-state index is 15.2. The molecule has 9 heteroatoms. The summed E-state index contributed by atoms with van der Waals surface area (Å²) in [6.07, 6.45) is 7.54. The van der Waals surface area contributed by atoms with Gasteiger partial charge in [-0.15, -0.1) is 0 Å². The van der Waals surface area contributed by atoms with Crippen LogP contribution in [0.3, 0.4) is 0 Å². The molecule has 188 valence electrons. The molecular formula is C27H29F2N5O2. The number of aliphatic hydroxyl groups is 1. The van der Waals surface area contributed by atoms with E-state index in [-0.39, 0.29) is 29.5 Å². The molecule has 2 heterocycles. The van der Waals surface area contributed by atoms with E-state index in [1.54, 1.807) is 42.3 Å². The van der Waals surface area contributed by atoms with Gasteiger partial charge in [0.1, 0.15) is 0 Å². The summed E-state index contributed by atoms with van der Waals surface area (Å²) in [5.41, 5.74) is 4.01. The van der Waals surface area contributed by atoms with Gasteiger partial charge in [0.2, 0.25) is 0 Å². The lowest BCUT2D eigenvalue weighted by Crippen LogP contribution is -2.45. The number of fused-ring (bicyclic) bond motifs is 1. The fourth-order valence-corrected chi connectivity index (χ4v) is 5.12. The molecule has 2 N–H and O–H groups in total. The van der Waals surface area contributed by atoms with Crippen molar-refractivity contribution in [2.75, 3.05) is 0 Å². The molecule has 1 fully saturated rings. The van der Waals surface area contributed by atoms with Crippen molar-refractivity contribution in [2.24, 2.45) is 14.1 Å². The van der Waals surface area contributed by atoms with Gasteiger partial charge in [0, 0.05) is 37.8 Å². The third-order valence-corrected chi connectivity index (χ3v) is 7.20. The summed E-state index contributed by atoms with van der Waals surface area (Å²) in [5, 5.41) is 17.3. The molecule has 0 unspecified atom stereocenters. The second kappa shape index (κ2) is 9.46. The van der Waals surface area contributed by atoms with E-state index in [9.17, 15) is 9.90 Å². The Bertz CT molecular complexity index is 1460. The predicted molar refractivity (Wildman–Crippen MR) is 133 cm³/mol. The molecule has 1 aliphatic rings. The number of aromatic nitrogens is 4. The zero-order valence-corrected chi connectivity index (χ0v) is 20.6. The normalized spacial score (nSPS) is 18.1. The lowest BCUT2D eigenvalue weighted by Gasteiger charge is -2.28. The number of nitrogens with zero attached hydrogens (tertiary/aromatic N) is 4.